The van der Waals surface area contributed by atoms with Crippen molar-refractivity contribution >= 4 is 33.4 Å². The number of rotatable bonds is 1. The van der Waals surface area contributed by atoms with Gasteiger partial charge >= 0.3 is 6.09 Å². The first kappa shape index (κ1) is 14.9. The molecule has 0 fully saturated rings. The molecule has 1 unspecified atom stereocenters. The molecular weight excluding hydrogens is 326 g/mol. The molecule has 1 amide bonds. The molecule has 0 aromatic carbocycles. The molecule has 1 aromatic rings. The molecule has 0 bridgehead atoms. The Morgan fingerprint density at radius 2 is 2.16 bits per heavy atom. The maximum absolute atomic E-state index is 11.8. The highest BCUT2D eigenvalue weighted by Crippen LogP contribution is 2.37. The highest BCUT2D eigenvalue weighted by Gasteiger charge is 2.26. The number of halogens is 1. The molecule has 5 heteroatoms. The van der Waals surface area contributed by atoms with Crippen molar-refractivity contribution < 1.29 is 9.53 Å². The van der Waals surface area contributed by atoms with E-state index >= 15 is 0 Å². The Hall–Kier alpha value is -0.550. The monoisotopic (exact) mass is 345 g/mol. The first-order valence-electron chi connectivity index (χ1n) is 6.52. The van der Waals surface area contributed by atoms with Gasteiger partial charge in [-0.1, -0.05) is 0 Å². The highest BCUT2D eigenvalue weighted by atomic mass is 79.9. The summed E-state index contributed by atoms with van der Waals surface area (Å²) in [5.41, 5.74) is 0.983. The van der Waals surface area contributed by atoms with Gasteiger partial charge in [0.1, 0.15) is 5.60 Å². The van der Waals surface area contributed by atoms with E-state index in [4.69, 9.17) is 4.74 Å². The van der Waals surface area contributed by atoms with E-state index in [9.17, 15) is 4.79 Å². The summed E-state index contributed by atoms with van der Waals surface area (Å²) in [5.74, 6) is 0. The van der Waals surface area contributed by atoms with Crippen LogP contribution in [0, 0.1) is 6.92 Å². The van der Waals surface area contributed by atoms with Gasteiger partial charge in [-0.05, 0) is 62.0 Å². The van der Waals surface area contributed by atoms with Gasteiger partial charge < -0.3 is 10.1 Å². The Labute approximate surface area is 126 Å². The van der Waals surface area contributed by atoms with Gasteiger partial charge in [0.15, 0.2) is 0 Å². The van der Waals surface area contributed by atoms with Gasteiger partial charge in [0.25, 0.3) is 0 Å². The largest absolute Gasteiger partial charge is 0.444 e. The van der Waals surface area contributed by atoms with Gasteiger partial charge in [-0.25, -0.2) is 4.79 Å². The average molecular weight is 346 g/mol. The standard InChI is InChI=1S/C14H20BrNO2S/c1-8-12(15)10-6-5-9(7-11(10)19-8)16-13(17)18-14(2,3)4/h9H,5-7H2,1-4H3,(H,16,17). The molecule has 3 nitrogen and oxygen atoms in total. The topological polar surface area (TPSA) is 38.3 Å². The third-order valence-electron chi connectivity index (χ3n) is 3.08. The summed E-state index contributed by atoms with van der Waals surface area (Å²) in [4.78, 5) is 14.5. The maximum atomic E-state index is 11.8. The maximum Gasteiger partial charge on any atom is 0.407 e. The number of ether oxygens (including phenoxy) is 1. The second kappa shape index (κ2) is 5.44. The van der Waals surface area contributed by atoms with Crippen LogP contribution in [0.4, 0.5) is 4.79 Å². The van der Waals surface area contributed by atoms with Crippen LogP contribution in [0.1, 0.15) is 42.5 Å². The number of thiophene rings is 1. The minimum atomic E-state index is -0.438. The van der Waals surface area contributed by atoms with Crippen molar-refractivity contribution in [3.8, 4) is 0 Å². The molecule has 0 aliphatic heterocycles. The molecule has 0 saturated carbocycles. The predicted octanol–water partition coefficient (Wildman–Crippen LogP) is 4.20. The number of amides is 1. The molecule has 1 N–H and O–H groups in total. The van der Waals surface area contributed by atoms with Gasteiger partial charge in [0.05, 0.1) is 0 Å². The lowest BCUT2D eigenvalue weighted by atomic mass is 9.95. The number of fused-ring (bicyclic) bond motifs is 1. The fraction of sp³-hybridized carbons (Fsp3) is 0.643. The molecule has 19 heavy (non-hydrogen) atoms. The van der Waals surface area contributed by atoms with E-state index in [2.05, 4.69) is 28.2 Å². The highest BCUT2D eigenvalue weighted by molar-refractivity contribution is 9.10. The summed E-state index contributed by atoms with van der Waals surface area (Å²) in [6, 6.07) is 0.187. The van der Waals surface area contributed by atoms with Crippen LogP contribution in [0.5, 0.6) is 0 Å². The molecule has 1 aromatic heterocycles. The van der Waals surface area contributed by atoms with E-state index < -0.39 is 5.60 Å². The van der Waals surface area contributed by atoms with Crippen molar-refractivity contribution in [2.24, 2.45) is 0 Å². The van der Waals surface area contributed by atoms with Crippen molar-refractivity contribution in [2.45, 2.75) is 58.6 Å². The summed E-state index contributed by atoms with van der Waals surface area (Å²) >= 11 is 5.47. The van der Waals surface area contributed by atoms with E-state index in [0.717, 1.165) is 19.3 Å². The molecule has 1 heterocycles. The Kier molecular flexibility index (Phi) is 4.26. The summed E-state index contributed by atoms with van der Waals surface area (Å²) in [7, 11) is 0. The number of carbonyl (C=O) groups excluding carboxylic acids is 1. The molecule has 1 atom stereocenters. The summed E-state index contributed by atoms with van der Waals surface area (Å²) in [5, 5.41) is 2.98. The van der Waals surface area contributed by atoms with Gasteiger partial charge in [-0.3, -0.25) is 0 Å². The molecule has 0 saturated heterocycles. The smallest absolute Gasteiger partial charge is 0.407 e. The fourth-order valence-corrected chi connectivity index (χ4v) is 4.29. The number of alkyl carbamates (subject to hydrolysis) is 1. The second-order valence-corrected chi connectivity index (χ2v) is 8.06. The van der Waals surface area contributed by atoms with E-state index in [0.29, 0.717) is 0 Å². The van der Waals surface area contributed by atoms with Crippen molar-refractivity contribution in [3.63, 3.8) is 0 Å². The van der Waals surface area contributed by atoms with Crippen LogP contribution in [0.2, 0.25) is 0 Å². The third-order valence-corrected chi connectivity index (χ3v) is 5.59. The zero-order chi connectivity index (χ0) is 14.2. The number of hydrogen-bond donors (Lipinski definition) is 1. The number of nitrogens with one attached hydrogen (secondary N) is 1. The molecule has 1 aliphatic carbocycles. The van der Waals surface area contributed by atoms with E-state index in [1.165, 1.54) is 19.8 Å². The van der Waals surface area contributed by atoms with Crippen LogP contribution < -0.4 is 5.32 Å². The van der Waals surface area contributed by atoms with Crippen LogP contribution >= 0.6 is 27.3 Å². The number of aryl methyl sites for hydroxylation is 1. The van der Waals surface area contributed by atoms with Crippen LogP contribution in [0.3, 0.4) is 0 Å². The van der Waals surface area contributed by atoms with E-state index in [1.807, 2.05) is 32.1 Å². The zero-order valence-electron chi connectivity index (χ0n) is 11.8. The van der Waals surface area contributed by atoms with Gasteiger partial charge in [-0.15, -0.1) is 11.3 Å². The Bertz CT molecular complexity index is 490. The lowest BCUT2D eigenvalue weighted by Crippen LogP contribution is -2.41. The van der Waals surface area contributed by atoms with Crippen molar-refractivity contribution in [1.29, 1.82) is 0 Å². The van der Waals surface area contributed by atoms with Crippen molar-refractivity contribution in [3.05, 3.63) is 19.8 Å². The number of carbonyl (C=O) groups is 1. The molecule has 0 spiro atoms. The summed E-state index contributed by atoms with van der Waals surface area (Å²) < 4.78 is 6.55. The number of hydrogen-bond acceptors (Lipinski definition) is 3. The van der Waals surface area contributed by atoms with Gasteiger partial charge in [0, 0.05) is 26.7 Å². The summed E-state index contributed by atoms with van der Waals surface area (Å²) in [6.45, 7) is 7.77. The lowest BCUT2D eigenvalue weighted by Gasteiger charge is -2.26. The van der Waals surface area contributed by atoms with Gasteiger partial charge in [0.2, 0.25) is 0 Å². The first-order valence-corrected chi connectivity index (χ1v) is 8.13. The fourth-order valence-electron chi connectivity index (χ4n) is 2.28. The Morgan fingerprint density at radius 3 is 2.79 bits per heavy atom. The normalized spacial score (nSPS) is 18.9. The second-order valence-electron chi connectivity index (χ2n) is 5.96. The Balaban J connectivity index is 1.97. The van der Waals surface area contributed by atoms with E-state index in [1.54, 1.807) is 0 Å². The Morgan fingerprint density at radius 1 is 1.47 bits per heavy atom. The SMILES string of the molecule is Cc1sc2c(c1Br)CCC(NC(=O)OC(C)(C)C)C2. The first-order chi connectivity index (χ1) is 8.76. The molecule has 0 radical (unpaired) electrons. The zero-order valence-corrected chi connectivity index (χ0v) is 14.2. The van der Waals surface area contributed by atoms with Crippen LogP contribution in [-0.2, 0) is 17.6 Å². The minimum absolute atomic E-state index is 0.187. The van der Waals surface area contributed by atoms with E-state index in [-0.39, 0.29) is 12.1 Å². The summed E-state index contributed by atoms with van der Waals surface area (Å²) in [6.07, 6.45) is 2.58. The van der Waals surface area contributed by atoms with Crippen LogP contribution in [0.15, 0.2) is 4.47 Å². The van der Waals surface area contributed by atoms with Crippen molar-refractivity contribution in [2.75, 3.05) is 0 Å². The lowest BCUT2D eigenvalue weighted by molar-refractivity contribution is 0.0500. The van der Waals surface area contributed by atoms with Crippen molar-refractivity contribution in [1.82, 2.24) is 5.32 Å². The minimum Gasteiger partial charge on any atom is -0.444 e. The third kappa shape index (κ3) is 3.72. The molecule has 106 valence electrons. The van der Waals surface area contributed by atoms with Gasteiger partial charge in [-0.2, -0.15) is 0 Å². The quantitative estimate of drug-likeness (QED) is 0.828. The molecule has 2 rings (SSSR count). The molecular formula is C14H20BrNO2S. The van der Waals surface area contributed by atoms with Crippen LogP contribution in [0.25, 0.3) is 0 Å². The molecule has 1 aliphatic rings. The van der Waals surface area contributed by atoms with Crippen LogP contribution in [-0.4, -0.2) is 17.7 Å². The predicted molar refractivity (Wildman–Crippen MR) is 81.9 cm³/mol. The average Bonchev–Trinajstić information content (AvgIpc) is 2.51.